The summed E-state index contributed by atoms with van der Waals surface area (Å²) in [5.41, 5.74) is 3.63. The number of amides is 1. The van der Waals surface area contributed by atoms with E-state index in [1.54, 1.807) is 13.8 Å². The van der Waals surface area contributed by atoms with Crippen LogP contribution in [0.25, 0.3) is 11.4 Å². The average molecular weight is 389 g/mol. The number of hydrogen-bond donors (Lipinski definition) is 2. The molecule has 29 heavy (non-hydrogen) atoms. The van der Waals surface area contributed by atoms with Gasteiger partial charge in [-0.25, -0.2) is 15.0 Å². The third-order valence-electron chi connectivity index (χ3n) is 5.23. The van der Waals surface area contributed by atoms with E-state index in [1.165, 1.54) is 0 Å². The summed E-state index contributed by atoms with van der Waals surface area (Å²) in [4.78, 5) is 41.0. The number of aromatic amines is 1. The zero-order valence-corrected chi connectivity index (χ0v) is 16.5. The van der Waals surface area contributed by atoms with Crippen molar-refractivity contribution < 1.29 is 4.79 Å². The van der Waals surface area contributed by atoms with E-state index < -0.39 is 0 Å². The summed E-state index contributed by atoms with van der Waals surface area (Å²) < 4.78 is 0. The van der Waals surface area contributed by atoms with Gasteiger partial charge in [-0.1, -0.05) is 30.3 Å². The standard InChI is InChI=1S/C22H23N5O2/c1-13-16(22(29)25-14(2)24-13)11-20(28)26-18-9-6-10-19-17(18)12-23-21(27-19)15-7-4-3-5-8-15/h3-5,7-8,12,18H,6,9-11H2,1-2H3,(H,26,28)(H,24,25,29)/t18-/m0/s1. The molecule has 0 saturated heterocycles. The van der Waals surface area contributed by atoms with Crippen LogP contribution in [0.15, 0.2) is 41.3 Å². The van der Waals surface area contributed by atoms with Crippen LogP contribution >= 0.6 is 0 Å². The van der Waals surface area contributed by atoms with E-state index in [1.807, 2.05) is 36.5 Å². The molecule has 2 aromatic heterocycles. The molecule has 7 nitrogen and oxygen atoms in total. The Bertz CT molecular complexity index is 1110. The fraction of sp³-hybridized carbons (Fsp3) is 0.318. The first kappa shape index (κ1) is 19.0. The summed E-state index contributed by atoms with van der Waals surface area (Å²) >= 11 is 0. The van der Waals surface area contributed by atoms with Crippen molar-refractivity contribution in [1.29, 1.82) is 0 Å². The lowest BCUT2D eigenvalue weighted by Crippen LogP contribution is -2.34. The number of rotatable bonds is 4. The Morgan fingerprint density at radius 1 is 1.21 bits per heavy atom. The van der Waals surface area contributed by atoms with Gasteiger partial charge >= 0.3 is 0 Å². The second-order valence-corrected chi connectivity index (χ2v) is 7.37. The van der Waals surface area contributed by atoms with Crippen LogP contribution < -0.4 is 10.9 Å². The summed E-state index contributed by atoms with van der Waals surface area (Å²) in [6, 6.07) is 9.71. The van der Waals surface area contributed by atoms with Gasteiger partial charge in [-0.2, -0.15) is 0 Å². The van der Waals surface area contributed by atoms with Crippen LogP contribution in [0.3, 0.4) is 0 Å². The van der Waals surface area contributed by atoms with E-state index in [2.05, 4.69) is 20.3 Å². The van der Waals surface area contributed by atoms with Crippen LogP contribution in [0.1, 0.15) is 47.2 Å². The Morgan fingerprint density at radius 3 is 2.76 bits per heavy atom. The summed E-state index contributed by atoms with van der Waals surface area (Å²) in [5, 5.41) is 3.05. The number of benzene rings is 1. The molecule has 0 spiro atoms. The normalized spacial score (nSPS) is 15.6. The zero-order valence-electron chi connectivity index (χ0n) is 16.5. The van der Waals surface area contributed by atoms with E-state index in [-0.39, 0.29) is 23.9 Å². The van der Waals surface area contributed by atoms with Crippen LogP contribution in [0, 0.1) is 13.8 Å². The minimum atomic E-state index is -0.259. The Morgan fingerprint density at radius 2 is 2.00 bits per heavy atom. The van der Waals surface area contributed by atoms with E-state index >= 15 is 0 Å². The number of aryl methyl sites for hydroxylation is 3. The number of fused-ring (bicyclic) bond motifs is 1. The molecule has 1 aromatic carbocycles. The van der Waals surface area contributed by atoms with Crippen molar-refractivity contribution in [2.75, 3.05) is 0 Å². The molecule has 2 heterocycles. The highest BCUT2D eigenvalue weighted by Gasteiger charge is 2.24. The fourth-order valence-electron chi connectivity index (χ4n) is 3.79. The van der Waals surface area contributed by atoms with Crippen molar-refractivity contribution in [3.8, 4) is 11.4 Å². The quantitative estimate of drug-likeness (QED) is 0.714. The van der Waals surface area contributed by atoms with Crippen molar-refractivity contribution in [2.45, 2.75) is 45.6 Å². The van der Waals surface area contributed by atoms with Gasteiger partial charge in [-0.05, 0) is 33.1 Å². The Labute approximate surface area is 168 Å². The molecule has 0 unspecified atom stereocenters. The minimum absolute atomic E-state index is 0.00321. The largest absolute Gasteiger partial charge is 0.349 e. The summed E-state index contributed by atoms with van der Waals surface area (Å²) in [7, 11) is 0. The van der Waals surface area contributed by atoms with E-state index in [4.69, 9.17) is 4.98 Å². The van der Waals surface area contributed by atoms with Gasteiger partial charge in [0.2, 0.25) is 5.91 Å². The summed E-state index contributed by atoms with van der Waals surface area (Å²) in [6.07, 6.45) is 4.46. The first-order valence-electron chi connectivity index (χ1n) is 9.78. The number of aromatic nitrogens is 4. The molecule has 3 aromatic rings. The molecule has 1 atom stereocenters. The molecular weight excluding hydrogens is 366 g/mol. The lowest BCUT2D eigenvalue weighted by atomic mass is 9.92. The first-order valence-corrected chi connectivity index (χ1v) is 9.78. The smallest absolute Gasteiger partial charge is 0.254 e. The van der Waals surface area contributed by atoms with Crippen LogP contribution in [0.2, 0.25) is 0 Å². The topological polar surface area (TPSA) is 101 Å². The molecule has 4 rings (SSSR count). The van der Waals surface area contributed by atoms with Crippen molar-refractivity contribution >= 4 is 5.91 Å². The first-order chi connectivity index (χ1) is 14.0. The van der Waals surface area contributed by atoms with Crippen LogP contribution in [-0.4, -0.2) is 25.8 Å². The highest BCUT2D eigenvalue weighted by molar-refractivity contribution is 5.79. The van der Waals surface area contributed by atoms with E-state index in [0.29, 0.717) is 22.9 Å². The number of carbonyl (C=O) groups excluding carboxylic acids is 1. The van der Waals surface area contributed by atoms with Gasteiger partial charge < -0.3 is 10.3 Å². The second-order valence-electron chi connectivity index (χ2n) is 7.37. The number of H-pyrrole nitrogens is 1. The maximum atomic E-state index is 12.6. The summed E-state index contributed by atoms with van der Waals surface area (Å²) in [5.74, 6) is 1.04. The molecule has 0 bridgehead atoms. The third kappa shape index (κ3) is 4.08. The van der Waals surface area contributed by atoms with E-state index in [9.17, 15) is 9.59 Å². The Hall–Kier alpha value is -3.35. The van der Waals surface area contributed by atoms with Gasteiger partial charge in [0.15, 0.2) is 5.82 Å². The molecule has 0 aliphatic heterocycles. The lowest BCUT2D eigenvalue weighted by Gasteiger charge is -2.25. The predicted molar refractivity (Wildman–Crippen MR) is 109 cm³/mol. The van der Waals surface area contributed by atoms with Gasteiger partial charge in [0.1, 0.15) is 5.82 Å². The fourth-order valence-corrected chi connectivity index (χ4v) is 3.79. The number of hydrogen-bond acceptors (Lipinski definition) is 5. The summed E-state index contributed by atoms with van der Waals surface area (Å²) in [6.45, 7) is 3.47. The molecule has 7 heteroatoms. The van der Waals surface area contributed by atoms with Gasteiger partial charge in [-0.3, -0.25) is 9.59 Å². The second kappa shape index (κ2) is 7.95. The third-order valence-corrected chi connectivity index (χ3v) is 5.23. The van der Waals surface area contributed by atoms with Gasteiger partial charge in [-0.15, -0.1) is 0 Å². The van der Waals surface area contributed by atoms with Gasteiger partial charge in [0.05, 0.1) is 12.5 Å². The van der Waals surface area contributed by atoms with Crippen LogP contribution in [0.4, 0.5) is 0 Å². The molecule has 1 aliphatic carbocycles. The van der Waals surface area contributed by atoms with Crippen molar-refractivity contribution in [3.05, 3.63) is 75.2 Å². The number of carbonyl (C=O) groups is 1. The number of nitrogens with zero attached hydrogens (tertiary/aromatic N) is 3. The Kier molecular flexibility index (Phi) is 5.20. The minimum Gasteiger partial charge on any atom is -0.349 e. The maximum Gasteiger partial charge on any atom is 0.254 e. The molecule has 1 aliphatic rings. The molecule has 0 radical (unpaired) electrons. The highest BCUT2D eigenvalue weighted by atomic mass is 16.2. The molecule has 1 amide bonds. The zero-order chi connectivity index (χ0) is 20.4. The SMILES string of the molecule is Cc1nc(C)c(CC(=O)N[C@H]2CCCc3nc(-c4ccccc4)ncc32)c(=O)[nH]1. The molecular formula is C22H23N5O2. The molecule has 0 saturated carbocycles. The van der Waals surface area contributed by atoms with Gasteiger partial charge in [0.25, 0.3) is 5.56 Å². The van der Waals surface area contributed by atoms with Crippen molar-refractivity contribution in [1.82, 2.24) is 25.3 Å². The van der Waals surface area contributed by atoms with Crippen molar-refractivity contribution in [3.63, 3.8) is 0 Å². The number of nitrogens with one attached hydrogen (secondary N) is 2. The van der Waals surface area contributed by atoms with Gasteiger partial charge in [0, 0.05) is 34.3 Å². The average Bonchev–Trinajstić information content (AvgIpc) is 2.71. The monoisotopic (exact) mass is 389 g/mol. The van der Waals surface area contributed by atoms with Crippen LogP contribution in [0.5, 0.6) is 0 Å². The van der Waals surface area contributed by atoms with Crippen molar-refractivity contribution in [2.24, 2.45) is 0 Å². The molecule has 148 valence electrons. The predicted octanol–water partition coefficient (Wildman–Crippen LogP) is 2.58. The molecule has 2 N–H and O–H groups in total. The highest BCUT2D eigenvalue weighted by Crippen LogP contribution is 2.29. The van der Waals surface area contributed by atoms with E-state index in [0.717, 1.165) is 36.1 Å². The Balaban J connectivity index is 1.53. The molecule has 0 fully saturated rings. The lowest BCUT2D eigenvalue weighted by molar-refractivity contribution is -0.121. The maximum absolute atomic E-state index is 12.6. The van der Waals surface area contributed by atoms with Crippen LogP contribution in [-0.2, 0) is 17.6 Å².